The molecule has 6 heteroatoms. The molecule has 0 bridgehead atoms. The molecular formula is C10H11ClF3NO. The van der Waals surface area contributed by atoms with Gasteiger partial charge in [0.1, 0.15) is 11.8 Å². The number of hydrogen-bond donors (Lipinski definition) is 1. The maximum atomic E-state index is 12.7. The highest BCUT2D eigenvalue weighted by atomic mass is 35.5. The molecule has 0 aliphatic heterocycles. The molecule has 0 aliphatic carbocycles. The molecule has 0 aromatic heterocycles. The summed E-state index contributed by atoms with van der Waals surface area (Å²) in [6.07, 6.45) is -4.40. The van der Waals surface area contributed by atoms with E-state index in [9.17, 15) is 13.2 Å². The maximum Gasteiger partial charge on any atom is 0.408 e. The molecule has 1 unspecified atom stereocenters. The monoisotopic (exact) mass is 253 g/mol. The predicted octanol–water partition coefficient (Wildman–Crippen LogP) is 3.17. The van der Waals surface area contributed by atoms with Gasteiger partial charge in [0, 0.05) is 10.6 Å². The van der Waals surface area contributed by atoms with Gasteiger partial charge in [-0.1, -0.05) is 11.6 Å². The van der Waals surface area contributed by atoms with Crippen LogP contribution in [-0.2, 0) is 0 Å². The van der Waals surface area contributed by atoms with Gasteiger partial charge < -0.3 is 10.1 Å². The highest BCUT2D eigenvalue weighted by molar-refractivity contribution is 6.30. The number of benzene rings is 1. The summed E-state index contributed by atoms with van der Waals surface area (Å²) in [7, 11) is 2.55. The van der Waals surface area contributed by atoms with Gasteiger partial charge in [-0.3, -0.25) is 0 Å². The van der Waals surface area contributed by atoms with Crippen molar-refractivity contribution in [1.82, 2.24) is 5.32 Å². The van der Waals surface area contributed by atoms with Crippen LogP contribution in [0.2, 0.25) is 5.02 Å². The van der Waals surface area contributed by atoms with Gasteiger partial charge in [-0.25, -0.2) is 0 Å². The standard InChI is InChI=1S/C10H11ClF3NO/c1-15-9(10(12,13)14)7-5-6(11)3-4-8(7)16-2/h3-5,9,15H,1-2H3. The summed E-state index contributed by atoms with van der Waals surface area (Å²) in [6, 6.07) is 2.34. The molecule has 0 fully saturated rings. The number of rotatable bonds is 3. The van der Waals surface area contributed by atoms with E-state index in [4.69, 9.17) is 16.3 Å². The average molecular weight is 254 g/mol. The third-order valence-electron chi connectivity index (χ3n) is 2.12. The van der Waals surface area contributed by atoms with Crippen molar-refractivity contribution < 1.29 is 17.9 Å². The van der Waals surface area contributed by atoms with Crippen LogP contribution in [0.3, 0.4) is 0 Å². The van der Waals surface area contributed by atoms with Gasteiger partial charge in [0.05, 0.1) is 7.11 Å². The molecule has 2 nitrogen and oxygen atoms in total. The van der Waals surface area contributed by atoms with Crippen molar-refractivity contribution in [2.24, 2.45) is 0 Å². The minimum absolute atomic E-state index is 0.0231. The minimum Gasteiger partial charge on any atom is -0.496 e. The molecule has 0 saturated carbocycles. The molecule has 1 atom stereocenters. The Balaban J connectivity index is 3.23. The second-order valence-electron chi connectivity index (χ2n) is 3.15. The van der Waals surface area contributed by atoms with Crippen LogP contribution in [0, 0.1) is 0 Å². The first-order valence-corrected chi connectivity index (χ1v) is 4.85. The van der Waals surface area contributed by atoms with Crippen LogP contribution in [-0.4, -0.2) is 20.3 Å². The fourth-order valence-electron chi connectivity index (χ4n) is 1.43. The number of halogens is 4. The molecular weight excluding hydrogens is 243 g/mol. The lowest BCUT2D eigenvalue weighted by atomic mass is 10.1. The summed E-state index contributed by atoms with van der Waals surface area (Å²) in [4.78, 5) is 0. The van der Waals surface area contributed by atoms with Gasteiger partial charge in [0.15, 0.2) is 0 Å². The lowest BCUT2D eigenvalue weighted by molar-refractivity contribution is -0.156. The Hall–Kier alpha value is -0.940. The first-order valence-electron chi connectivity index (χ1n) is 4.47. The normalized spacial score (nSPS) is 13.6. The number of alkyl halides is 3. The smallest absolute Gasteiger partial charge is 0.408 e. The van der Waals surface area contributed by atoms with Crippen molar-refractivity contribution in [3.8, 4) is 5.75 Å². The third-order valence-corrected chi connectivity index (χ3v) is 2.35. The number of methoxy groups -OCH3 is 1. The Labute approximate surface area is 96.4 Å². The topological polar surface area (TPSA) is 21.3 Å². The highest BCUT2D eigenvalue weighted by Crippen LogP contribution is 2.38. The van der Waals surface area contributed by atoms with Crippen molar-refractivity contribution in [3.05, 3.63) is 28.8 Å². The minimum atomic E-state index is -4.40. The van der Waals surface area contributed by atoms with Gasteiger partial charge in [0.2, 0.25) is 0 Å². The number of nitrogens with one attached hydrogen (secondary N) is 1. The van der Waals surface area contributed by atoms with Crippen molar-refractivity contribution in [3.63, 3.8) is 0 Å². The zero-order valence-electron chi connectivity index (χ0n) is 8.73. The Morgan fingerprint density at radius 1 is 1.38 bits per heavy atom. The third kappa shape index (κ3) is 2.80. The van der Waals surface area contributed by atoms with E-state index in [2.05, 4.69) is 5.32 Å². The first kappa shape index (κ1) is 13.1. The fraction of sp³-hybridized carbons (Fsp3) is 0.400. The second-order valence-corrected chi connectivity index (χ2v) is 3.59. The molecule has 1 N–H and O–H groups in total. The van der Waals surface area contributed by atoms with Gasteiger partial charge in [-0.15, -0.1) is 0 Å². The summed E-state index contributed by atoms with van der Waals surface area (Å²) in [5, 5.41) is 2.43. The molecule has 16 heavy (non-hydrogen) atoms. The summed E-state index contributed by atoms with van der Waals surface area (Å²) in [5.74, 6) is 0.154. The van der Waals surface area contributed by atoms with Crippen LogP contribution < -0.4 is 10.1 Å². The molecule has 0 saturated heterocycles. The zero-order chi connectivity index (χ0) is 12.3. The van der Waals surface area contributed by atoms with Crippen molar-refractivity contribution >= 4 is 11.6 Å². The van der Waals surface area contributed by atoms with Gasteiger partial charge >= 0.3 is 6.18 Å². The molecule has 0 heterocycles. The Morgan fingerprint density at radius 2 is 2.00 bits per heavy atom. The molecule has 1 rings (SSSR count). The molecule has 1 aromatic carbocycles. The quantitative estimate of drug-likeness (QED) is 0.893. The Kier molecular flexibility index (Phi) is 4.04. The van der Waals surface area contributed by atoms with E-state index in [-0.39, 0.29) is 16.3 Å². The largest absolute Gasteiger partial charge is 0.496 e. The summed E-state index contributed by atoms with van der Waals surface area (Å²) >= 11 is 5.67. The summed E-state index contributed by atoms with van der Waals surface area (Å²) in [5.41, 5.74) is -0.0231. The van der Waals surface area contributed by atoms with Crippen LogP contribution in [0.4, 0.5) is 13.2 Å². The van der Waals surface area contributed by atoms with Crippen LogP contribution in [0.1, 0.15) is 11.6 Å². The lowest BCUT2D eigenvalue weighted by Crippen LogP contribution is -2.31. The molecule has 0 radical (unpaired) electrons. The summed E-state index contributed by atoms with van der Waals surface area (Å²) < 4.78 is 43.0. The predicted molar refractivity (Wildman–Crippen MR) is 55.9 cm³/mol. The van der Waals surface area contributed by atoms with E-state index in [1.807, 2.05) is 0 Å². The van der Waals surface area contributed by atoms with Gasteiger partial charge in [-0.05, 0) is 25.2 Å². The van der Waals surface area contributed by atoms with E-state index in [0.29, 0.717) is 0 Å². The van der Waals surface area contributed by atoms with Crippen molar-refractivity contribution in [2.75, 3.05) is 14.2 Å². The zero-order valence-corrected chi connectivity index (χ0v) is 9.49. The Bertz CT molecular complexity index is 368. The highest BCUT2D eigenvalue weighted by Gasteiger charge is 2.41. The SMILES string of the molecule is CNC(c1cc(Cl)ccc1OC)C(F)(F)F. The van der Waals surface area contributed by atoms with E-state index < -0.39 is 12.2 Å². The van der Waals surface area contributed by atoms with Gasteiger partial charge in [0.25, 0.3) is 0 Å². The summed E-state index contributed by atoms with van der Waals surface area (Å²) in [6.45, 7) is 0. The maximum absolute atomic E-state index is 12.7. The van der Waals surface area contributed by atoms with Gasteiger partial charge in [-0.2, -0.15) is 13.2 Å². The fourth-order valence-corrected chi connectivity index (χ4v) is 1.61. The van der Waals surface area contributed by atoms with Crippen LogP contribution in [0.15, 0.2) is 18.2 Å². The van der Waals surface area contributed by atoms with E-state index in [0.717, 1.165) is 0 Å². The molecule has 0 amide bonds. The number of hydrogen-bond acceptors (Lipinski definition) is 2. The van der Waals surface area contributed by atoms with Crippen molar-refractivity contribution in [1.29, 1.82) is 0 Å². The van der Waals surface area contributed by atoms with Crippen molar-refractivity contribution in [2.45, 2.75) is 12.2 Å². The molecule has 0 spiro atoms. The van der Waals surface area contributed by atoms with Crippen LogP contribution >= 0.6 is 11.6 Å². The molecule has 1 aromatic rings. The number of ether oxygens (including phenoxy) is 1. The molecule has 90 valence electrons. The van der Waals surface area contributed by atoms with Crippen LogP contribution in [0.25, 0.3) is 0 Å². The Morgan fingerprint density at radius 3 is 2.44 bits per heavy atom. The van der Waals surface area contributed by atoms with E-state index in [1.54, 1.807) is 0 Å². The van der Waals surface area contributed by atoms with E-state index in [1.165, 1.54) is 32.4 Å². The lowest BCUT2D eigenvalue weighted by Gasteiger charge is -2.22. The van der Waals surface area contributed by atoms with Crippen LogP contribution in [0.5, 0.6) is 5.75 Å². The average Bonchev–Trinajstić information content (AvgIpc) is 2.17. The second kappa shape index (κ2) is 4.93. The van der Waals surface area contributed by atoms with E-state index >= 15 is 0 Å². The first-order chi connectivity index (χ1) is 7.40. The molecule has 0 aliphatic rings.